The second-order valence-electron chi connectivity index (χ2n) is 9.74. The van der Waals surface area contributed by atoms with E-state index in [2.05, 4.69) is 25.5 Å². The molecule has 3 N–H and O–H groups in total. The Morgan fingerprint density at radius 3 is 2.64 bits per heavy atom. The monoisotopic (exact) mass is 542 g/mol. The number of amides is 1. The predicted molar refractivity (Wildman–Crippen MR) is 137 cm³/mol. The average molecular weight is 543 g/mol. The number of anilines is 1. The summed E-state index contributed by atoms with van der Waals surface area (Å²) in [5, 5.41) is 11.7. The molecule has 4 aromatic heterocycles. The van der Waals surface area contributed by atoms with E-state index >= 15 is 0 Å². The van der Waals surface area contributed by atoms with Gasteiger partial charge in [-0.15, -0.1) is 5.10 Å². The molecule has 39 heavy (non-hydrogen) atoms. The van der Waals surface area contributed by atoms with Crippen molar-refractivity contribution < 1.29 is 22.7 Å². The van der Waals surface area contributed by atoms with E-state index in [0.29, 0.717) is 41.1 Å². The number of carbonyl (C=O) groups is 1. The smallest absolute Gasteiger partial charge is 0.381 e. The van der Waals surface area contributed by atoms with Gasteiger partial charge in [0.15, 0.2) is 5.65 Å². The average Bonchev–Trinajstić information content (AvgIpc) is 3.54. The third-order valence-corrected chi connectivity index (χ3v) is 7.03. The van der Waals surface area contributed by atoms with Crippen LogP contribution < -0.4 is 11.1 Å². The maximum absolute atomic E-state index is 13.1. The van der Waals surface area contributed by atoms with E-state index in [1.54, 1.807) is 23.1 Å². The summed E-state index contributed by atoms with van der Waals surface area (Å²) >= 11 is 0. The largest absolute Gasteiger partial charge is 0.433 e. The van der Waals surface area contributed by atoms with E-state index in [1.165, 1.54) is 16.8 Å². The Kier molecular flexibility index (Phi) is 7.25. The van der Waals surface area contributed by atoms with Crippen LogP contribution in [0.25, 0.3) is 16.8 Å². The number of halogens is 3. The van der Waals surface area contributed by atoms with Crippen molar-refractivity contribution in [2.45, 2.75) is 51.4 Å². The highest BCUT2D eigenvalue weighted by Crippen LogP contribution is 2.36. The number of nitrogens with zero attached hydrogens (tertiary/aromatic N) is 6. The molecule has 2 unspecified atom stereocenters. The molecular weight excluding hydrogens is 513 g/mol. The Balaban J connectivity index is 1.53. The lowest BCUT2D eigenvalue weighted by Gasteiger charge is -2.30. The van der Waals surface area contributed by atoms with Gasteiger partial charge in [0.25, 0.3) is 5.91 Å². The molecule has 206 valence electrons. The van der Waals surface area contributed by atoms with E-state index in [-0.39, 0.29) is 29.9 Å². The first kappa shape index (κ1) is 26.6. The number of carbonyl (C=O) groups excluding carboxylic acids is 1. The summed E-state index contributed by atoms with van der Waals surface area (Å²) in [4.78, 5) is 21.0. The minimum atomic E-state index is -4.52. The second kappa shape index (κ2) is 10.6. The van der Waals surface area contributed by atoms with Crippen LogP contribution in [0.4, 0.5) is 19.1 Å². The number of rotatable bonds is 7. The Hall–Kier alpha value is -4.00. The third kappa shape index (κ3) is 5.58. The first-order chi connectivity index (χ1) is 18.6. The van der Waals surface area contributed by atoms with Gasteiger partial charge in [-0.05, 0) is 49.8 Å². The Labute approximate surface area is 222 Å². The molecule has 13 heteroatoms. The highest BCUT2D eigenvalue weighted by atomic mass is 19.4. The molecule has 5 rings (SSSR count). The molecule has 0 aromatic carbocycles. The lowest BCUT2D eigenvalue weighted by atomic mass is 9.87. The van der Waals surface area contributed by atoms with Crippen LogP contribution in [0.5, 0.6) is 0 Å². The van der Waals surface area contributed by atoms with Gasteiger partial charge in [0.2, 0.25) is 5.95 Å². The summed E-state index contributed by atoms with van der Waals surface area (Å²) < 4.78 is 48.1. The zero-order valence-electron chi connectivity index (χ0n) is 21.5. The number of fused-ring (bicyclic) bond motifs is 1. The third-order valence-electron chi connectivity index (χ3n) is 7.03. The quantitative estimate of drug-likeness (QED) is 0.360. The Morgan fingerprint density at radius 1 is 1.21 bits per heavy atom. The molecule has 0 radical (unpaired) electrons. The highest BCUT2D eigenvalue weighted by molar-refractivity contribution is 6.01. The molecule has 1 aliphatic heterocycles. The number of nitrogen functional groups attached to an aromatic ring is 1. The van der Waals surface area contributed by atoms with Crippen LogP contribution in [-0.4, -0.2) is 54.5 Å². The van der Waals surface area contributed by atoms with Crippen LogP contribution in [0.3, 0.4) is 0 Å². The number of nitrogens with one attached hydrogen (secondary N) is 1. The van der Waals surface area contributed by atoms with Crippen molar-refractivity contribution in [3.63, 3.8) is 0 Å². The van der Waals surface area contributed by atoms with E-state index in [9.17, 15) is 18.0 Å². The number of pyridine rings is 2. The second-order valence-corrected chi connectivity index (χ2v) is 9.74. The standard InChI is InChI=1S/C26H29F3N8O2/c1-3-15(2)33-24(38)20-10-18(13-37-23(20)34-25(30)35-37)19-12-32-36(14-19)22(16-6-8-39-9-7-16)17-4-5-21(31-11-17)26(27,28)29/h4-5,10-16,22H,3,6-9H2,1-2H3,(H2,30,35)(H,33,38). The van der Waals surface area contributed by atoms with Gasteiger partial charge in [-0.25, -0.2) is 4.52 Å². The number of ether oxygens (including phenoxy) is 1. The summed E-state index contributed by atoms with van der Waals surface area (Å²) in [5.74, 6) is -0.179. The molecule has 4 aromatic rings. The summed E-state index contributed by atoms with van der Waals surface area (Å²) in [7, 11) is 0. The zero-order valence-corrected chi connectivity index (χ0v) is 21.5. The summed E-state index contributed by atoms with van der Waals surface area (Å²) in [5.41, 5.74) is 7.51. The minimum absolute atomic E-state index is 0.0369. The van der Waals surface area contributed by atoms with E-state index < -0.39 is 11.9 Å². The van der Waals surface area contributed by atoms with Crippen LogP contribution in [0.15, 0.2) is 43.0 Å². The Bertz CT molecular complexity index is 1460. The molecule has 1 fully saturated rings. The van der Waals surface area contributed by atoms with Gasteiger partial charge in [0, 0.05) is 49.0 Å². The molecule has 1 aliphatic rings. The Morgan fingerprint density at radius 2 is 1.97 bits per heavy atom. The lowest BCUT2D eigenvalue weighted by molar-refractivity contribution is -0.141. The molecule has 0 spiro atoms. The van der Waals surface area contributed by atoms with Crippen LogP contribution in [0, 0.1) is 5.92 Å². The molecular formula is C26H29F3N8O2. The van der Waals surface area contributed by atoms with Gasteiger partial charge in [-0.1, -0.05) is 13.0 Å². The molecule has 2 atom stereocenters. The first-order valence-electron chi connectivity index (χ1n) is 12.8. The summed E-state index contributed by atoms with van der Waals surface area (Å²) in [6.07, 6.45) is 4.14. The number of alkyl halides is 3. The molecule has 0 saturated carbocycles. The fourth-order valence-corrected chi connectivity index (χ4v) is 4.79. The molecule has 10 nitrogen and oxygen atoms in total. The predicted octanol–water partition coefficient (Wildman–Crippen LogP) is 4.13. The first-order valence-corrected chi connectivity index (χ1v) is 12.8. The van der Waals surface area contributed by atoms with Crippen LogP contribution in [0.1, 0.15) is 60.8 Å². The van der Waals surface area contributed by atoms with E-state index in [1.807, 2.05) is 20.0 Å². The molecule has 0 bridgehead atoms. The fourth-order valence-electron chi connectivity index (χ4n) is 4.79. The van der Waals surface area contributed by atoms with Crippen molar-refractivity contribution in [2.24, 2.45) is 5.92 Å². The van der Waals surface area contributed by atoms with Gasteiger partial charge in [0.05, 0.1) is 17.8 Å². The maximum atomic E-state index is 13.1. The van der Waals surface area contributed by atoms with Gasteiger partial charge in [-0.3, -0.25) is 14.5 Å². The summed E-state index contributed by atoms with van der Waals surface area (Å²) in [6.45, 7) is 5.00. The van der Waals surface area contributed by atoms with Crippen molar-refractivity contribution >= 4 is 17.5 Å². The normalized spacial score (nSPS) is 16.3. The topological polar surface area (TPSA) is 125 Å². The van der Waals surface area contributed by atoms with Crippen molar-refractivity contribution in [1.82, 2.24) is 34.7 Å². The maximum Gasteiger partial charge on any atom is 0.433 e. The van der Waals surface area contributed by atoms with E-state index in [4.69, 9.17) is 10.5 Å². The number of hydrogen-bond donors (Lipinski definition) is 2. The molecule has 0 aliphatic carbocycles. The molecule has 1 saturated heterocycles. The summed E-state index contributed by atoms with van der Waals surface area (Å²) in [6, 6.07) is 3.78. The number of hydrogen-bond acceptors (Lipinski definition) is 7. The number of aromatic nitrogens is 6. The molecule has 1 amide bonds. The molecule has 5 heterocycles. The lowest BCUT2D eigenvalue weighted by Crippen LogP contribution is -2.32. The highest BCUT2D eigenvalue weighted by Gasteiger charge is 2.34. The van der Waals surface area contributed by atoms with Crippen molar-refractivity contribution in [2.75, 3.05) is 18.9 Å². The number of nitrogens with two attached hydrogens (primary N) is 1. The van der Waals surface area contributed by atoms with Gasteiger partial charge in [-0.2, -0.15) is 23.3 Å². The SMILES string of the molecule is CCC(C)NC(=O)c1cc(-c2cnn(C(c3ccc(C(F)(F)F)nc3)C3CCOCC3)c2)cn2nc(N)nc12. The van der Waals surface area contributed by atoms with Crippen molar-refractivity contribution in [1.29, 1.82) is 0 Å². The van der Waals surface area contributed by atoms with Crippen molar-refractivity contribution in [3.05, 3.63) is 59.8 Å². The van der Waals surface area contributed by atoms with Crippen LogP contribution in [0.2, 0.25) is 0 Å². The van der Waals surface area contributed by atoms with Crippen LogP contribution >= 0.6 is 0 Å². The fraction of sp³-hybridized carbons (Fsp3) is 0.423. The van der Waals surface area contributed by atoms with Crippen molar-refractivity contribution in [3.8, 4) is 11.1 Å². The van der Waals surface area contributed by atoms with Crippen LogP contribution in [-0.2, 0) is 10.9 Å². The van der Waals surface area contributed by atoms with Gasteiger partial charge >= 0.3 is 6.18 Å². The van der Waals surface area contributed by atoms with Gasteiger partial charge < -0.3 is 15.8 Å². The van der Waals surface area contributed by atoms with E-state index in [0.717, 1.165) is 25.3 Å². The zero-order chi connectivity index (χ0) is 27.7. The van der Waals surface area contributed by atoms with Gasteiger partial charge in [0.1, 0.15) is 5.69 Å². The minimum Gasteiger partial charge on any atom is -0.381 e.